The quantitative estimate of drug-likeness (QED) is 0.602. The summed E-state index contributed by atoms with van der Waals surface area (Å²) in [6.45, 7) is 0. The number of benzene rings is 1. The van der Waals surface area contributed by atoms with Gasteiger partial charge < -0.3 is 14.6 Å². The third kappa shape index (κ3) is 2.52. The molecule has 1 aromatic rings. The van der Waals surface area contributed by atoms with Gasteiger partial charge in [0.1, 0.15) is 11.9 Å². The number of aliphatic carboxylic acids is 1. The van der Waals surface area contributed by atoms with Gasteiger partial charge >= 0.3 is 5.97 Å². The van der Waals surface area contributed by atoms with E-state index < -0.39 is 12.1 Å². The normalized spacial score (nSPS) is 22.7. The molecule has 2 atom stereocenters. The summed E-state index contributed by atoms with van der Waals surface area (Å²) in [5.41, 5.74) is 0.794. The number of hydrogen-bond donors (Lipinski definition) is 1. The van der Waals surface area contributed by atoms with Crippen LogP contribution in [0.2, 0.25) is 0 Å². The molecule has 75 valence electrons. The molecule has 1 fully saturated rings. The smallest absolute Gasteiger partial charge is 0.335 e. The first-order valence-electron chi connectivity index (χ1n) is 4.25. The molecule has 1 heterocycles. The number of epoxide rings is 1. The molecule has 0 bridgehead atoms. The molecular weight excluding hydrogens is 207 g/mol. The summed E-state index contributed by atoms with van der Waals surface area (Å²) < 4.78 is 10.1. The topological polar surface area (TPSA) is 59.1 Å². The van der Waals surface area contributed by atoms with Crippen molar-refractivity contribution in [2.75, 3.05) is 7.11 Å². The summed E-state index contributed by atoms with van der Waals surface area (Å²) >= 11 is 0. The zero-order chi connectivity index (χ0) is 10.1. The SMILES string of the molecule is COc1ccccc1C1OC1C(=O)O.[Na]. The van der Waals surface area contributed by atoms with E-state index in [1.807, 2.05) is 18.2 Å². The Bertz CT molecular complexity index is 366. The summed E-state index contributed by atoms with van der Waals surface area (Å²) in [4.78, 5) is 10.6. The number of para-hydroxylation sites is 1. The van der Waals surface area contributed by atoms with Crippen LogP contribution in [0.1, 0.15) is 11.7 Å². The molecular formula is C10H10NaO4. The number of hydrogen-bond acceptors (Lipinski definition) is 3. The van der Waals surface area contributed by atoms with Crippen LogP contribution in [-0.2, 0) is 9.53 Å². The van der Waals surface area contributed by atoms with Gasteiger partial charge in [0.2, 0.25) is 0 Å². The Morgan fingerprint density at radius 1 is 1.47 bits per heavy atom. The first kappa shape index (κ1) is 12.5. The zero-order valence-electron chi connectivity index (χ0n) is 8.64. The minimum atomic E-state index is -0.930. The van der Waals surface area contributed by atoms with Gasteiger partial charge in [0, 0.05) is 35.1 Å². The molecule has 1 aliphatic heterocycles. The molecule has 2 unspecified atom stereocenters. The van der Waals surface area contributed by atoms with E-state index in [2.05, 4.69) is 0 Å². The first-order chi connectivity index (χ1) is 6.74. The van der Waals surface area contributed by atoms with Gasteiger partial charge in [-0.3, -0.25) is 0 Å². The van der Waals surface area contributed by atoms with E-state index in [9.17, 15) is 4.79 Å². The Labute approximate surface area is 109 Å². The Balaban J connectivity index is 0.00000112. The van der Waals surface area contributed by atoms with Crippen molar-refractivity contribution in [3.63, 3.8) is 0 Å². The molecule has 0 amide bonds. The standard InChI is InChI=1S/C10H10O4.Na/c1-13-7-5-3-2-4-6(7)8-9(14-8)10(11)12;/h2-5,8-9H,1H3,(H,11,12);. The summed E-state index contributed by atoms with van der Waals surface area (Å²) in [7, 11) is 1.55. The average Bonchev–Trinajstić information content (AvgIpc) is 2.97. The van der Waals surface area contributed by atoms with Crippen LogP contribution in [0.25, 0.3) is 0 Å². The molecule has 15 heavy (non-hydrogen) atoms. The molecule has 1 aliphatic rings. The van der Waals surface area contributed by atoms with Gasteiger partial charge in [-0.15, -0.1) is 0 Å². The fourth-order valence-electron chi connectivity index (χ4n) is 1.44. The monoisotopic (exact) mass is 217 g/mol. The van der Waals surface area contributed by atoms with Crippen molar-refractivity contribution in [1.82, 2.24) is 0 Å². The fourth-order valence-corrected chi connectivity index (χ4v) is 1.44. The molecule has 2 rings (SSSR count). The number of carbonyl (C=O) groups is 1. The first-order valence-corrected chi connectivity index (χ1v) is 4.25. The number of rotatable bonds is 3. The molecule has 0 aliphatic carbocycles. The van der Waals surface area contributed by atoms with Crippen molar-refractivity contribution < 1.29 is 19.4 Å². The van der Waals surface area contributed by atoms with Crippen molar-refractivity contribution in [2.24, 2.45) is 0 Å². The molecule has 1 saturated heterocycles. The van der Waals surface area contributed by atoms with Gasteiger partial charge in [-0.25, -0.2) is 4.79 Å². The Morgan fingerprint density at radius 2 is 2.13 bits per heavy atom. The molecule has 0 saturated carbocycles. The Morgan fingerprint density at radius 3 is 2.67 bits per heavy atom. The minimum absolute atomic E-state index is 0. The second-order valence-corrected chi connectivity index (χ2v) is 3.06. The van der Waals surface area contributed by atoms with Gasteiger partial charge in [-0.1, -0.05) is 18.2 Å². The molecule has 1 aromatic carbocycles. The third-order valence-corrected chi connectivity index (χ3v) is 2.18. The van der Waals surface area contributed by atoms with Crippen LogP contribution in [0.15, 0.2) is 24.3 Å². The predicted octanol–water partition coefficient (Wildman–Crippen LogP) is 0.839. The van der Waals surface area contributed by atoms with Gasteiger partial charge in [-0.2, -0.15) is 0 Å². The van der Waals surface area contributed by atoms with Crippen molar-refractivity contribution in [3.05, 3.63) is 29.8 Å². The number of carboxylic acid groups (broad SMARTS) is 1. The van der Waals surface area contributed by atoms with Crippen molar-refractivity contribution >= 4 is 35.5 Å². The Kier molecular flexibility index (Phi) is 4.16. The van der Waals surface area contributed by atoms with E-state index in [-0.39, 0.29) is 35.7 Å². The van der Waals surface area contributed by atoms with Crippen molar-refractivity contribution in [1.29, 1.82) is 0 Å². The fraction of sp³-hybridized carbons (Fsp3) is 0.300. The van der Waals surface area contributed by atoms with Crippen LogP contribution < -0.4 is 4.74 Å². The maximum atomic E-state index is 10.6. The van der Waals surface area contributed by atoms with E-state index >= 15 is 0 Å². The molecule has 1 radical (unpaired) electrons. The molecule has 5 heteroatoms. The largest absolute Gasteiger partial charge is 0.496 e. The Hall–Kier alpha value is -0.550. The molecule has 1 N–H and O–H groups in total. The molecule has 0 aromatic heterocycles. The minimum Gasteiger partial charge on any atom is -0.496 e. The summed E-state index contributed by atoms with van der Waals surface area (Å²) in [6.07, 6.45) is -1.07. The zero-order valence-corrected chi connectivity index (χ0v) is 10.6. The predicted molar refractivity (Wildman–Crippen MR) is 54.0 cm³/mol. The van der Waals surface area contributed by atoms with Gasteiger partial charge in [0.05, 0.1) is 7.11 Å². The number of carboxylic acids is 1. The maximum Gasteiger partial charge on any atom is 0.335 e. The van der Waals surface area contributed by atoms with Gasteiger partial charge in [0.15, 0.2) is 6.10 Å². The van der Waals surface area contributed by atoms with Crippen LogP contribution in [-0.4, -0.2) is 53.8 Å². The van der Waals surface area contributed by atoms with E-state index in [4.69, 9.17) is 14.6 Å². The molecule has 4 nitrogen and oxygen atoms in total. The second-order valence-electron chi connectivity index (χ2n) is 3.06. The second kappa shape index (κ2) is 4.99. The molecule has 0 spiro atoms. The van der Waals surface area contributed by atoms with E-state index in [1.165, 1.54) is 0 Å². The average molecular weight is 217 g/mol. The summed E-state index contributed by atoms with van der Waals surface area (Å²) in [5.74, 6) is -0.262. The van der Waals surface area contributed by atoms with Gasteiger partial charge in [0.25, 0.3) is 0 Å². The number of ether oxygens (including phenoxy) is 2. The van der Waals surface area contributed by atoms with E-state index in [0.717, 1.165) is 5.56 Å². The van der Waals surface area contributed by atoms with E-state index in [1.54, 1.807) is 13.2 Å². The van der Waals surface area contributed by atoms with Crippen molar-refractivity contribution in [3.8, 4) is 5.75 Å². The van der Waals surface area contributed by atoms with Crippen LogP contribution >= 0.6 is 0 Å². The van der Waals surface area contributed by atoms with Crippen LogP contribution in [0.4, 0.5) is 0 Å². The van der Waals surface area contributed by atoms with Crippen LogP contribution in [0.3, 0.4) is 0 Å². The number of methoxy groups -OCH3 is 1. The van der Waals surface area contributed by atoms with Crippen LogP contribution in [0.5, 0.6) is 5.75 Å². The maximum absolute atomic E-state index is 10.6. The van der Waals surface area contributed by atoms with Crippen molar-refractivity contribution in [2.45, 2.75) is 12.2 Å². The van der Waals surface area contributed by atoms with Gasteiger partial charge in [-0.05, 0) is 6.07 Å². The summed E-state index contributed by atoms with van der Waals surface area (Å²) in [5, 5.41) is 8.68. The summed E-state index contributed by atoms with van der Waals surface area (Å²) in [6, 6.07) is 7.27. The van der Waals surface area contributed by atoms with Crippen LogP contribution in [0, 0.1) is 0 Å². The van der Waals surface area contributed by atoms with E-state index in [0.29, 0.717) is 5.75 Å². The third-order valence-electron chi connectivity index (χ3n) is 2.18.